The molecule has 3 aliphatic rings. The van der Waals surface area contributed by atoms with Crippen molar-refractivity contribution in [2.24, 2.45) is 11.8 Å². The highest BCUT2D eigenvalue weighted by atomic mass is 35.5. The van der Waals surface area contributed by atoms with Gasteiger partial charge in [0.2, 0.25) is 0 Å². The molecule has 0 aromatic heterocycles. The van der Waals surface area contributed by atoms with Gasteiger partial charge in [-0.15, -0.1) is 12.4 Å². The van der Waals surface area contributed by atoms with Crippen molar-refractivity contribution in [3.63, 3.8) is 0 Å². The van der Waals surface area contributed by atoms with Gasteiger partial charge in [0, 0.05) is 18.5 Å². The van der Waals surface area contributed by atoms with Gasteiger partial charge in [0.25, 0.3) is 0 Å². The van der Waals surface area contributed by atoms with Gasteiger partial charge in [0.05, 0.1) is 12.1 Å². The van der Waals surface area contributed by atoms with E-state index in [1.165, 1.54) is 48.8 Å². The van der Waals surface area contributed by atoms with E-state index in [-0.39, 0.29) is 24.6 Å². The van der Waals surface area contributed by atoms with E-state index in [2.05, 4.69) is 49.4 Å². The second kappa shape index (κ2) is 9.81. The van der Waals surface area contributed by atoms with Gasteiger partial charge >= 0.3 is 0 Å². The molecule has 0 spiro atoms. The first-order valence-electron chi connectivity index (χ1n) is 11.7. The summed E-state index contributed by atoms with van der Waals surface area (Å²) in [4.78, 5) is 0. The largest absolute Gasteiger partial charge is 0.490 e. The number of hydrazine groups is 1. The number of hydrogen-bond acceptors (Lipinski definition) is 4. The fourth-order valence-electron chi connectivity index (χ4n) is 5.71. The van der Waals surface area contributed by atoms with Crippen LogP contribution in [0.25, 0.3) is 0 Å². The molecule has 4 nitrogen and oxygen atoms in total. The number of hydrogen-bond donors (Lipinski definition) is 1. The maximum absolute atomic E-state index is 6.51. The molecule has 2 heterocycles. The zero-order chi connectivity index (χ0) is 20.5. The highest BCUT2D eigenvalue weighted by molar-refractivity contribution is 5.85. The van der Waals surface area contributed by atoms with Gasteiger partial charge in [0.15, 0.2) is 0 Å². The van der Waals surface area contributed by atoms with Crippen LogP contribution in [-0.4, -0.2) is 23.8 Å². The standard InChI is InChI=1S/C26H34N2O2.ClH/c1-18-14-21-16-24(30-23-11-5-6-12-23)17-22(26(21)29-18)15-20-10-7-13-28(27)25(20)19-8-3-2-4-9-19;/h2-4,8-9,16-18,20,23,25H,5-7,10-15,27H2,1H3;1H/t18?,20-,25+;/m0./s1. The molecule has 5 rings (SSSR count). The molecule has 2 aliphatic heterocycles. The Labute approximate surface area is 192 Å². The van der Waals surface area contributed by atoms with Crippen LogP contribution in [0.3, 0.4) is 0 Å². The van der Waals surface area contributed by atoms with Crippen LogP contribution in [0.1, 0.15) is 68.2 Å². The van der Waals surface area contributed by atoms with E-state index in [0.717, 1.165) is 37.3 Å². The van der Waals surface area contributed by atoms with Gasteiger partial charge in [-0.25, -0.2) is 5.01 Å². The van der Waals surface area contributed by atoms with Crippen LogP contribution in [0.5, 0.6) is 11.5 Å². The van der Waals surface area contributed by atoms with Gasteiger partial charge in [-0.3, -0.25) is 5.84 Å². The second-order valence-corrected chi connectivity index (χ2v) is 9.43. The van der Waals surface area contributed by atoms with E-state index in [4.69, 9.17) is 15.3 Å². The van der Waals surface area contributed by atoms with Crippen molar-refractivity contribution in [2.75, 3.05) is 6.54 Å². The van der Waals surface area contributed by atoms with E-state index in [1.54, 1.807) is 0 Å². The fraction of sp³-hybridized carbons (Fsp3) is 0.538. The van der Waals surface area contributed by atoms with E-state index in [0.29, 0.717) is 12.0 Å². The van der Waals surface area contributed by atoms with Crippen molar-refractivity contribution < 1.29 is 9.47 Å². The Hall–Kier alpha value is -1.75. The van der Waals surface area contributed by atoms with Crippen LogP contribution >= 0.6 is 12.4 Å². The third-order valence-electron chi connectivity index (χ3n) is 7.07. The lowest BCUT2D eigenvalue weighted by Crippen LogP contribution is -2.44. The smallest absolute Gasteiger partial charge is 0.126 e. The van der Waals surface area contributed by atoms with E-state index < -0.39 is 0 Å². The number of ether oxygens (including phenoxy) is 2. The average Bonchev–Trinajstić information content (AvgIpc) is 3.38. The molecule has 1 saturated heterocycles. The molecule has 2 fully saturated rings. The predicted molar refractivity (Wildman–Crippen MR) is 127 cm³/mol. The molecule has 0 bridgehead atoms. The van der Waals surface area contributed by atoms with Crippen LogP contribution in [0.4, 0.5) is 0 Å². The molecule has 1 unspecified atom stereocenters. The van der Waals surface area contributed by atoms with Gasteiger partial charge in [-0.1, -0.05) is 30.3 Å². The topological polar surface area (TPSA) is 47.7 Å². The molecule has 0 amide bonds. The number of nitrogens with two attached hydrogens (primary N) is 1. The quantitative estimate of drug-likeness (QED) is 0.610. The maximum atomic E-state index is 6.51. The summed E-state index contributed by atoms with van der Waals surface area (Å²) in [6, 6.07) is 15.5. The van der Waals surface area contributed by atoms with E-state index in [9.17, 15) is 0 Å². The molecule has 3 atom stereocenters. The van der Waals surface area contributed by atoms with E-state index >= 15 is 0 Å². The molecule has 168 valence electrons. The van der Waals surface area contributed by atoms with Gasteiger partial charge < -0.3 is 9.47 Å². The molecule has 1 aliphatic carbocycles. The molecule has 0 radical (unpaired) electrons. The lowest BCUT2D eigenvalue weighted by molar-refractivity contribution is 0.0920. The summed E-state index contributed by atoms with van der Waals surface area (Å²) in [5, 5.41) is 2.05. The number of halogens is 1. The minimum absolute atomic E-state index is 0. The van der Waals surface area contributed by atoms with Crippen molar-refractivity contribution in [3.05, 3.63) is 59.2 Å². The fourth-order valence-corrected chi connectivity index (χ4v) is 5.71. The van der Waals surface area contributed by atoms with Crippen LogP contribution in [0, 0.1) is 5.92 Å². The molecular weight excluding hydrogens is 408 g/mol. The molecular formula is C26H35ClN2O2. The first-order chi connectivity index (χ1) is 14.7. The Morgan fingerprint density at radius 1 is 1.06 bits per heavy atom. The van der Waals surface area contributed by atoms with Crippen molar-refractivity contribution in [3.8, 4) is 11.5 Å². The van der Waals surface area contributed by atoms with Crippen molar-refractivity contribution in [2.45, 2.75) is 76.5 Å². The Bertz CT molecular complexity index is 869. The molecule has 2 aromatic carbocycles. The number of fused-ring (bicyclic) bond motifs is 1. The number of nitrogens with zero attached hydrogens (tertiary/aromatic N) is 1. The monoisotopic (exact) mass is 442 g/mol. The summed E-state index contributed by atoms with van der Waals surface area (Å²) in [5.41, 5.74) is 3.92. The third kappa shape index (κ3) is 4.87. The maximum Gasteiger partial charge on any atom is 0.126 e. The van der Waals surface area contributed by atoms with Crippen LogP contribution < -0.4 is 15.3 Å². The van der Waals surface area contributed by atoms with Crippen LogP contribution in [0.15, 0.2) is 42.5 Å². The summed E-state index contributed by atoms with van der Waals surface area (Å²) in [5.74, 6) is 9.11. The average molecular weight is 443 g/mol. The normalized spacial score (nSPS) is 26.2. The van der Waals surface area contributed by atoms with Gasteiger partial charge in [-0.2, -0.15) is 0 Å². The Morgan fingerprint density at radius 2 is 1.84 bits per heavy atom. The molecule has 2 N–H and O–H groups in total. The Morgan fingerprint density at radius 3 is 2.61 bits per heavy atom. The SMILES string of the molecule is CC1Cc2cc(OC3CCCC3)cc(C[C@@H]3CCCN(N)[C@@H]3c3ccccc3)c2O1.Cl. The van der Waals surface area contributed by atoms with Gasteiger partial charge in [0.1, 0.15) is 17.6 Å². The predicted octanol–water partition coefficient (Wildman–Crippen LogP) is 5.62. The highest BCUT2D eigenvalue weighted by Crippen LogP contribution is 2.42. The number of rotatable bonds is 5. The van der Waals surface area contributed by atoms with Crippen LogP contribution in [0.2, 0.25) is 0 Å². The molecule has 5 heteroatoms. The summed E-state index contributed by atoms with van der Waals surface area (Å²) in [7, 11) is 0. The third-order valence-corrected chi connectivity index (χ3v) is 7.07. The number of piperidine rings is 1. The first-order valence-corrected chi connectivity index (χ1v) is 11.7. The molecule has 31 heavy (non-hydrogen) atoms. The van der Waals surface area contributed by atoms with E-state index in [1.807, 2.05) is 5.01 Å². The van der Waals surface area contributed by atoms with Gasteiger partial charge in [-0.05, 0) is 81.0 Å². The van der Waals surface area contributed by atoms with Crippen molar-refractivity contribution >= 4 is 12.4 Å². The molecule has 2 aromatic rings. The lowest BCUT2D eigenvalue weighted by atomic mass is 9.81. The Kier molecular flexibility index (Phi) is 7.10. The summed E-state index contributed by atoms with van der Waals surface area (Å²) in [6.45, 7) is 3.11. The van der Waals surface area contributed by atoms with Crippen LogP contribution in [-0.2, 0) is 12.8 Å². The highest BCUT2D eigenvalue weighted by Gasteiger charge is 2.33. The first kappa shape index (κ1) is 22.4. The minimum atomic E-state index is 0. The zero-order valence-corrected chi connectivity index (χ0v) is 19.3. The molecule has 1 saturated carbocycles. The number of benzene rings is 2. The summed E-state index contributed by atoms with van der Waals surface area (Å²) in [6.07, 6.45) is 9.83. The summed E-state index contributed by atoms with van der Waals surface area (Å²) >= 11 is 0. The van der Waals surface area contributed by atoms with Crippen molar-refractivity contribution in [1.29, 1.82) is 0 Å². The van der Waals surface area contributed by atoms with Crippen molar-refractivity contribution in [1.82, 2.24) is 5.01 Å². The lowest BCUT2D eigenvalue weighted by Gasteiger charge is -2.39. The zero-order valence-electron chi connectivity index (χ0n) is 18.5. The Balaban J connectivity index is 0.00000231. The summed E-state index contributed by atoms with van der Waals surface area (Å²) < 4.78 is 12.7. The minimum Gasteiger partial charge on any atom is -0.490 e. The second-order valence-electron chi connectivity index (χ2n) is 9.43.